The number of primary amides is 1. The van der Waals surface area contributed by atoms with Crippen molar-refractivity contribution in [3.63, 3.8) is 0 Å². The highest BCUT2D eigenvalue weighted by molar-refractivity contribution is 8.00. The molecule has 0 bridgehead atoms. The van der Waals surface area contributed by atoms with Gasteiger partial charge in [-0.3, -0.25) is 4.79 Å². The fourth-order valence-electron chi connectivity index (χ4n) is 1.90. The van der Waals surface area contributed by atoms with Crippen LogP contribution in [0.2, 0.25) is 0 Å². The molecular formula is C15H12FN3OS2. The van der Waals surface area contributed by atoms with Crippen molar-refractivity contribution < 1.29 is 9.18 Å². The number of fused-ring (bicyclic) bond motifs is 1. The standard InChI is InChI=1S/C15H12FN3OS2/c1-8(14(17)20)21-15-13-11(18-7-19-15)6-12(22-13)9-2-4-10(16)5-3-9/h2-8H,1H3,(H2,17,20). The van der Waals surface area contributed by atoms with Crippen LogP contribution in [-0.2, 0) is 4.79 Å². The molecule has 3 aromatic rings. The number of nitrogens with zero attached hydrogens (tertiary/aromatic N) is 2. The third kappa shape index (κ3) is 2.95. The van der Waals surface area contributed by atoms with Gasteiger partial charge in [-0.1, -0.05) is 23.9 Å². The highest BCUT2D eigenvalue weighted by Gasteiger charge is 2.16. The molecule has 0 aliphatic rings. The molecule has 0 saturated carbocycles. The number of benzene rings is 1. The van der Waals surface area contributed by atoms with Crippen LogP contribution in [0.4, 0.5) is 4.39 Å². The summed E-state index contributed by atoms with van der Waals surface area (Å²) in [5, 5.41) is 0.365. The maximum absolute atomic E-state index is 13.0. The molecule has 2 N–H and O–H groups in total. The van der Waals surface area contributed by atoms with Crippen molar-refractivity contribution in [3.8, 4) is 10.4 Å². The molecule has 2 aromatic heterocycles. The van der Waals surface area contributed by atoms with E-state index in [1.54, 1.807) is 19.1 Å². The van der Waals surface area contributed by atoms with Crippen LogP contribution < -0.4 is 5.73 Å². The summed E-state index contributed by atoms with van der Waals surface area (Å²) in [5.41, 5.74) is 7.03. The fourth-order valence-corrected chi connectivity index (χ4v) is 3.94. The van der Waals surface area contributed by atoms with E-state index < -0.39 is 0 Å². The van der Waals surface area contributed by atoms with Crippen molar-refractivity contribution in [2.75, 3.05) is 0 Å². The molecule has 0 fully saturated rings. The molecule has 112 valence electrons. The van der Waals surface area contributed by atoms with Gasteiger partial charge < -0.3 is 5.73 Å². The number of thiophene rings is 1. The maximum atomic E-state index is 13.0. The molecule has 2 heterocycles. The van der Waals surface area contributed by atoms with Crippen LogP contribution in [0.3, 0.4) is 0 Å². The number of aromatic nitrogens is 2. The Hall–Kier alpha value is -1.99. The molecule has 7 heteroatoms. The average molecular weight is 333 g/mol. The Morgan fingerprint density at radius 1 is 1.32 bits per heavy atom. The predicted molar refractivity (Wildman–Crippen MR) is 87.3 cm³/mol. The summed E-state index contributed by atoms with van der Waals surface area (Å²) < 4.78 is 13.9. The number of halogens is 1. The van der Waals surface area contributed by atoms with Gasteiger partial charge in [-0.2, -0.15) is 0 Å². The molecule has 0 saturated heterocycles. The van der Waals surface area contributed by atoms with Gasteiger partial charge in [0.1, 0.15) is 17.2 Å². The number of carbonyl (C=O) groups excluding carboxylic acids is 1. The number of amides is 1. The van der Waals surface area contributed by atoms with Gasteiger partial charge in [0.2, 0.25) is 5.91 Å². The Morgan fingerprint density at radius 3 is 2.73 bits per heavy atom. The lowest BCUT2D eigenvalue weighted by atomic mass is 10.2. The molecule has 0 aliphatic carbocycles. The van der Waals surface area contributed by atoms with Gasteiger partial charge in [0.05, 0.1) is 15.5 Å². The topological polar surface area (TPSA) is 68.9 Å². The molecule has 1 atom stereocenters. The second-order valence-corrected chi connectivity index (χ2v) is 7.05. The zero-order chi connectivity index (χ0) is 15.7. The van der Waals surface area contributed by atoms with E-state index in [9.17, 15) is 9.18 Å². The Balaban J connectivity index is 2.02. The Morgan fingerprint density at radius 2 is 2.05 bits per heavy atom. The van der Waals surface area contributed by atoms with Gasteiger partial charge in [0, 0.05) is 4.88 Å². The summed E-state index contributed by atoms with van der Waals surface area (Å²) >= 11 is 2.83. The highest BCUT2D eigenvalue weighted by Crippen LogP contribution is 2.37. The summed E-state index contributed by atoms with van der Waals surface area (Å²) in [7, 11) is 0. The second-order valence-electron chi connectivity index (χ2n) is 4.67. The fraction of sp³-hybridized carbons (Fsp3) is 0.133. The summed E-state index contributed by atoms with van der Waals surface area (Å²) in [6.07, 6.45) is 1.47. The Labute approximate surface area is 134 Å². The lowest BCUT2D eigenvalue weighted by molar-refractivity contribution is -0.117. The quantitative estimate of drug-likeness (QED) is 0.586. The minimum atomic E-state index is -0.382. The number of carbonyl (C=O) groups is 1. The second kappa shape index (κ2) is 6.02. The van der Waals surface area contributed by atoms with Crippen molar-refractivity contribution in [1.82, 2.24) is 9.97 Å². The summed E-state index contributed by atoms with van der Waals surface area (Å²) in [6, 6.07) is 8.25. The van der Waals surface area contributed by atoms with E-state index in [1.807, 2.05) is 6.07 Å². The largest absolute Gasteiger partial charge is 0.369 e. The van der Waals surface area contributed by atoms with Crippen LogP contribution in [0.15, 0.2) is 41.7 Å². The first-order valence-corrected chi connectivity index (χ1v) is 8.20. The van der Waals surface area contributed by atoms with E-state index in [2.05, 4.69) is 9.97 Å². The van der Waals surface area contributed by atoms with Crippen molar-refractivity contribution in [3.05, 3.63) is 42.5 Å². The van der Waals surface area contributed by atoms with E-state index in [4.69, 9.17) is 5.73 Å². The molecule has 3 rings (SSSR count). The van der Waals surface area contributed by atoms with Crippen molar-refractivity contribution in [1.29, 1.82) is 0 Å². The average Bonchev–Trinajstić information content (AvgIpc) is 2.93. The van der Waals surface area contributed by atoms with E-state index in [0.29, 0.717) is 0 Å². The zero-order valence-electron chi connectivity index (χ0n) is 11.6. The lowest BCUT2D eigenvalue weighted by Crippen LogP contribution is -2.22. The molecule has 22 heavy (non-hydrogen) atoms. The molecular weight excluding hydrogens is 321 g/mol. The summed E-state index contributed by atoms with van der Waals surface area (Å²) in [4.78, 5) is 20.7. The molecule has 0 spiro atoms. The monoisotopic (exact) mass is 333 g/mol. The molecule has 0 aliphatic heterocycles. The Bertz CT molecular complexity index is 832. The van der Waals surface area contributed by atoms with Crippen LogP contribution in [0, 0.1) is 5.82 Å². The van der Waals surface area contributed by atoms with Gasteiger partial charge >= 0.3 is 0 Å². The number of rotatable bonds is 4. The molecule has 1 aromatic carbocycles. The zero-order valence-corrected chi connectivity index (χ0v) is 13.2. The highest BCUT2D eigenvalue weighted by atomic mass is 32.2. The third-order valence-electron chi connectivity index (χ3n) is 3.10. The minimum absolute atomic E-state index is 0.267. The molecule has 1 amide bonds. The number of nitrogens with two attached hydrogens (primary N) is 1. The van der Waals surface area contributed by atoms with Crippen LogP contribution >= 0.6 is 23.1 Å². The summed E-state index contributed by atoms with van der Waals surface area (Å²) in [5.74, 6) is -0.650. The van der Waals surface area contributed by atoms with Crippen LogP contribution in [0.5, 0.6) is 0 Å². The minimum Gasteiger partial charge on any atom is -0.369 e. The van der Waals surface area contributed by atoms with Gasteiger partial charge in [-0.15, -0.1) is 11.3 Å². The normalized spacial score (nSPS) is 12.5. The molecule has 1 unspecified atom stereocenters. The van der Waals surface area contributed by atoms with Crippen LogP contribution in [0.1, 0.15) is 6.92 Å². The number of thioether (sulfide) groups is 1. The van der Waals surface area contributed by atoms with E-state index in [1.165, 1.54) is 41.6 Å². The van der Waals surface area contributed by atoms with E-state index in [-0.39, 0.29) is 17.0 Å². The summed E-state index contributed by atoms with van der Waals surface area (Å²) in [6.45, 7) is 1.75. The van der Waals surface area contributed by atoms with Gasteiger partial charge in [0.25, 0.3) is 0 Å². The number of hydrogen-bond acceptors (Lipinski definition) is 5. The third-order valence-corrected chi connectivity index (χ3v) is 5.52. The molecule has 4 nitrogen and oxygen atoms in total. The van der Waals surface area contributed by atoms with Gasteiger partial charge in [-0.25, -0.2) is 14.4 Å². The van der Waals surface area contributed by atoms with Gasteiger partial charge in [0.15, 0.2) is 0 Å². The maximum Gasteiger partial charge on any atom is 0.230 e. The van der Waals surface area contributed by atoms with Gasteiger partial charge in [-0.05, 0) is 30.7 Å². The smallest absolute Gasteiger partial charge is 0.230 e. The number of hydrogen-bond donors (Lipinski definition) is 1. The van der Waals surface area contributed by atoms with Crippen molar-refractivity contribution >= 4 is 39.2 Å². The van der Waals surface area contributed by atoms with Crippen LogP contribution in [0.25, 0.3) is 20.7 Å². The van der Waals surface area contributed by atoms with Crippen molar-refractivity contribution in [2.24, 2.45) is 5.73 Å². The van der Waals surface area contributed by atoms with Crippen LogP contribution in [-0.4, -0.2) is 21.1 Å². The first-order valence-electron chi connectivity index (χ1n) is 6.51. The first kappa shape index (κ1) is 14.9. The molecule has 0 radical (unpaired) electrons. The van der Waals surface area contributed by atoms with E-state index in [0.717, 1.165) is 25.7 Å². The Kier molecular flexibility index (Phi) is 4.08. The SMILES string of the molecule is CC(Sc1ncnc2cc(-c3ccc(F)cc3)sc12)C(N)=O. The van der Waals surface area contributed by atoms with E-state index >= 15 is 0 Å². The predicted octanol–water partition coefficient (Wildman–Crippen LogP) is 3.46. The lowest BCUT2D eigenvalue weighted by Gasteiger charge is -2.05. The first-order chi connectivity index (χ1) is 10.5. The van der Waals surface area contributed by atoms with Crippen molar-refractivity contribution in [2.45, 2.75) is 17.2 Å².